The van der Waals surface area contributed by atoms with Crippen molar-refractivity contribution in [2.24, 2.45) is 0 Å². The van der Waals surface area contributed by atoms with Gasteiger partial charge >= 0.3 is 6.18 Å². The Morgan fingerprint density at radius 2 is 1.95 bits per heavy atom. The molecule has 1 aromatic carbocycles. The van der Waals surface area contributed by atoms with Crippen molar-refractivity contribution < 1.29 is 27.8 Å². The van der Waals surface area contributed by atoms with Crippen LogP contribution in [0.3, 0.4) is 0 Å². The van der Waals surface area contributed by atoms with E-state index >= 15 is 0 Å². The number of anilines is 1. The molecule has 1 unspecified atom stereocenters. The first-order valence-corrected chi connectivity index (χ1v) is 6.04. The number of amides is 1. The number of rotatable bonds is 6. The molecule has 0 spiro atoms. The second-order valence-corrected chi connectivity index (χ2v) is 4.36. The van der Waals surface area contributed by atoms with Crippen LogP contribution in [0.25, 0.3) is 0 Å². The summed E-state index contributed by atoms with van der Waals surface area (Å²) in [6.07, 6.45) is -4.42. The highest BCUT2D eigenvalue weighted by molar-refractivity contribution is 5.90. The van der Waals surface area contributed by atoms with Crippen LogP contribution in [-0.2, 0) is 4.79 Å². The van der Waals surface area contributed by atoms with Gasteiger partial charge in [0, 0.05) is 12.1 Å². The number of benzene rings is 1. The number of ether oxygens (including phenoxy) is 1. The van der Waals surface area contributed by atoms with E-state index in [1.807, 2.05) is 0 Å². The summed E-state index contributed by atoms with van der Waals surface area (Å²) in [5, 5.41) is 11.6. The van der Waals surface area contributed by atoms with E-state index in [0.29, 0.717) is 12.1 Å². The lowest BCUT2D eigenvalue weighted by Crippen LogP contribution is -2.19. The second kappa shape index (κ2) is 7.14. The smallest absolute Gasteiger partial charge is 0.422 e. The van der Waals surface area contributed by atoms with Gasteiger partial charge in [-0.05, 0) is 37.6 Å². The molecular formula is C13H16F3NO3. The van der Waals surface area contributed by atoms with Gasteiger partial charge in [0.1, 0.15) is 5.75 Å². The van der Waals surface area contributed by atoms with Crippen molar-refractivity contribution in [3.8, 4) is 5.75 Å². The number of alkyl halides is 3. The maximum atomic E-state index is 11.9. The number of carbonyl (C=O) groups is 1. The molecule has 2 N–H and O–H groups in total. The number of hydrogen-bond acceptors (Lipinski definition) is 3. The highest BCUT2D eigenvalue weighted by atomic mass is 19.4. The topological polar surface area (TPSA) is 58.6 Å². The lowest BCUT2D eigenvalue weighted by Gasteiger charge is -2.10. The first kappa shape index (κ1) is 16.3. The van der Waals surface area contributed by atoms with Gasteiger partial charge < -0.3 is 15.2 Å². The van der Waals surface area contributed by atoms with Crippen LogP contribution in [0.4, 0.5) is 18.9 Å². The maximum absolute atomic E-state index is 11.9. The highest BCUT2D eigenvalue weighted by Crippen LogP contribution is 2.20. The first-order valence-electron chi connectivity index (χ1n) is 6.04. The van der Waals surface area contributed by atoms with Crippen molar-refractivity contribution in [3.05, 3.63) is 24.3 Å². The molecule has 7 heteroatoms. The molecule has 1 aromatic rings. The third-order valence-corrected chi connectivity index (χ3v) is 2.33. The lowest BCUT2D eigenvalue weighted by molar-refractivity contribution is -0.153. The van der Waals surface area contributed by atoms with Gasteiger partial charge in [-0.25, -0.2) is 0 Å². The van der Waals surface area contributed by atoms with E-state index in [0.717, 1.165) is 0 Å². The lowest BCUT2D eigenvalue weighted by atomic mass is 10.2. The molecule has 0 saturated carbocycles. The highest BCUT2D eigenvalue weighted by Gasteiger charge is 2.28. The zero-order chi connectivity index (χ0) is 15.2. The molecule has 20 heavy (non-hydrogen) atoms. The van der Waals surface area contributed by atoms with Crippen LogP contribution in [0.5, 0.6) is 5.75 Å². The zero-order valence-corrected chi connectivity index (χ0v) is 10.9. The standard InChI is InChI=1S/C13H16F3NO3/c1-9(18)2-7-12(19)17-10-3-5-11(6-4-10)20-8-13(14,15)16/h3-6,9,18H,2,7-8H2,1H3,(H,17,19). The van der Waals surface area contributed by atoms with Gasteiger partial charge in [0.05, 0.1) is 6.10 Å². The van der Waals surface area contributed by atoms with Crippen LogP contribution < -0.4 is 10.1 Å². The molecule has 0 saturated heterocycles. The summed E-state index contributed by atoms with van der Waals surface area (Å²) in [7, 11) is 0. The van der Waals surface area contributed by atoms with Crippen molar-refractivity contribution >= 4 is 11.6 Å². The molecule has 112 valence electrons. The minimum atomic E-state index is -4.38. The Labute approximate surface area is 114 Å². The molecule has 0 radical (unpaired) electrons. The Kier molecular flexibility index (Phi) is 5.82. The molecule has 1 rings (SSSR count). The molecule has 0 bridgehead atoms. The normalized spacial score (nSPS) is 12.8. The van der Waals surface area contributed by atoms with Crippen LogP contribution in [-0.4, -0.2) is 29.9 Å². The minimum Gasteiger partial charge on any atom is -0.484 e. The van der Waals surface area contributed by atoms with Gasteiger partial charge in [0.2, 0.25) is 5.91 Å². The molecule has 0 aliphatic rings. The quantitative estimate of drug-likeness (QED) is 0.847. The summed E-state index contributed by atoms with van der Waals surface area (Å²) in [6, 6.07) is 5.59. The monoisotopic (exact) mass is 291 g/mol. The van der Waals surface area contributed by atoms with Crippen LogP contribution in [0.1, 0.15) is 19.8 Å². The largest absolute Gasteiger partial charge is 0.484 e. The summed E-state index contributed by atoms with van der Waals surface area (Å²) < 4.78 is 40.4. The van der Waals surface area contributed by atoms with E-state index in [1.54, 1.807) is 6.92 Å². The SMILES string of the molecule is CC(O)CCC(=O)Nc1ccc(OCC(F)(F)F)cc1. The van der Waals surface area contributed by atoms with Crippen molar-refractivity contribution in [3.63, 3.8) is 0 Å². The molecule has 1 atom stereocenters. The third-order valence-electron chi connectivity index (χ3n) is 2.33. The minimum absolute atomic E-state index is 0.0734. The Bertz CT molecular complexity index is 429. The van der Waals surface area contributed by atoms with E-state index in [2.05, 4.69) is 10.1 Å². The Balaban J connectivity index is 2.44. The molecule has 0 fully saturated rings. The van der Waals surface area contributed by atoms with Crippen LogP contribution in [0.2, 0.25) is 0 Å². The fourth-order valence-electron chi connectivity index (χ4n) is 1.36. The van der Waals surface area contributed by atoms with Gasteiger partial charge in [-0.3, -0.25) is 4.79 Å². The molecular weight excluding hydrogens is 275 g/mol. The average molecular weight is 291 g/mol. The third kappa shape index (κ3) is 6.98. The molecule has 0 aliphatic carbocycles. The second-order valence-electron chi connectivity index (χ2n) is 4.36. The molecule has 4 nitrogen and oxygen atoms in total. The summed E-state index contributed by atoms with van der Waals surface area (Å²) >= 11 is 0. The Morgan fingerprint density at radius 3 is 2.45 bits per heavy atom. The number of nitrogens with one attached hydrogen (secondary N) is 1. The molecule has 0 aromatic heterocycles. The summed E-state index contributed by atoms with van der Waals surface area (Å²) in [5.41, 5.74) is 0.458. The summed E-state index contributed by atoms with van der Waals surface area (Å²) in [5.74, 6) is -0.195. The van der Waals surface area contributed by atoms with Gasteiger partial charge in [0.15, 0.2) is 6.61 Å². The van der Waals surface area contributed by atoms with E-state index < -0.39 is 18.9 Å². The van der Waals surface area contributed by atoms with Gasteiger partial charge in [-0.15, -0.1) is 0 Å². The molecule has 0 aliphatic heterocycles. The number of halogens is 3. The Hall–Kier alpha value is -1.76. The summed E-state index contributed by atoms with van der Waals surface area (Å²) in [6.45, 7) is 0.229. The van der Waals surface area contributed by atoms with Gasteiger partial charge in [-0.1, -0.05) is 0 Å². The maximum Gasteiger partial charge on any atom is 0.422 e. The fourth-order valence-corrected chi connectivity index (χ4v) is 1.36. The number of hydrogen-bond donors (Lipinski definition) is 2. The van der Waals surface area contributed by atoms with Crippen LogP contribution in [0.15, 0.2) is 24.3 Å². The van der Waals surface area contributed by atoms with E-state index in [4.69, 9.17) is 5.11 Å². The van der Waals surface area contributed by atoms with Crippen LogP contribution >= 0.6 is 0 Å². The van der Waals surface area contributed by atoms with Gasteiger partial charge in [0.25, 0.3) is 0 Å². The average Bonchev–Trinajstić information content (AvgIpc) is 2.34. The van der Waals surface area contributed by atoms with Crippen LogP contribution in [0, 0.1) is 0 Å². The number of carbonyl (C=O) groups excluding carboxylic acids is 1. The van der Waals surface area contributed by atoms with E-state index in [1.165, 1.54) is 24.3 Å². The van der Waals surface area contributed by atoms with E-state index in [9.17, 15) is 18.0 Å². The Morgan fingerprint density at radius 1 is 1.35 bits per heavy atom. The van der Waals surface area contributed by atoms with Crippen molar-refractivity contribution in [2.45, 2.75) is 32.0 Å². The fraction of sp³-hybridized carbons (Fsp3) is 0.462. The number of aliphatic hydroxyl groups excluding tert-OH is 1. The van der Waals surface area contributed by atoms with Crippen molar-refractivity contribution in [2.75, 3.05) is 11.9 Å². The number of aliphatic hydroxyl groups is 1. The van der Waals surface area contributed by atoms with Crippen molar-refractivity contribution in [1.82, 2.24) is 0 Å². The predicted octanol–water partition coefficient (Wildman–Crippen LogP) is 2.73. The molecule has 1 amide bonds. The van der Waals surface area contributed by atoms with Gasteiger partial charge in [-0.2, -0.15) is 13.2 Å². The van der Waals surface area contributed by atoms with Crippen molar-refractivity contribution in [1.29, 1.82) is 0 Å². The first-order chi connectivity index (χ1) is 9.26. The zero-order valence-electron chi connectivity index (χ0n) is 10.9. The molecule has 0 heterocycles. The summed E-state index contributed by atoms with van der Waals surface area (Å²) in [4.78, 5) is 11.5. The van der Waals surface area contributed by atoms with E-state index in [-0.39, 0.29) is 18.1 Å². The predicted molar refractivity (Wildman–Crippen MR) is 67.5 cm³/mol.